The molecule has 9 nitrogen and oxygen atoms in total. The van der Waals surface area contributed by atoms with Gasteiger partial charge in [-0.25, -0.2) is 4.57 Å². The summed E-state index contributed by atoms with van der Waals surface area (Å²) in [6.45, 7) is 3.86. The van der Waals surface area contributed by atoms with Crippen LogP contribution in [-0.4, -0.2) is 59.0 Å². The number of unbranched alkanes of at least 4 members (excludes halogenated alkanes) is 16. The largest absolute Gasteiger partial charge is 0.472 e. The third kappa shape index (κ3) is 31.7. The highest BCUT2D eigenvalue weighted by Crippen LogP contribution is 2.43. The van der Waals surface area contributed by atoms with Gasteiger partial charge in [-0.1, -0.05) is 134 Å². The van der Waals surface area contributed by atoms with Gasteiger partial charge in [0.1, 0.15) is 0 Å². The number of amides is 1. The first-order valence-corrected chi connectivity index (χ1v) is 20.2. The molecule has 0 aliphatic carbocycles. The van der Waals surface area contributed by atoms with Gasteiger partial charge in [-0.2, -0.15) is 0 Å². The molecule has 6 N–H and O–H groups in total. The highest BCUT2D eigenvalue weighted by atomic mass is 31.2. The zero-order valence-electron chi connectivity index (χ0n) is 29.9. The first-order chi connectivity index (χ1) is 22.8. The highest BCUT2D eigenvalue weighted by Gasteiger charge is 2.27. The summed E-state index contributed by atoms with van der Waals surface area (Å²) in [5, 5.41) is 23.8. The van der Waals surface area contributed by atoms with Crippen molar-refractivity contribution in [3.63, 3.8) is 0 Å². The maximum atomic E-state index is 12.7. The summed E-state index contributed by atoms with van der Waals surface area (Å²) in [6, 6.07) is -1.00. The molecule has 0 bridgehead atoms. The number of aliphatic hydroxyl groups excluding tert-OH is 2. The fourth-order valence-electron chi connectivity index (χ4n) is 5.11. The van der Waals surface area contributed by atoms with Crippen LogP contribution in [0.4, 0.5) is 0 Å². The van der Waals surface area contributed by atoms with Gasteiger partial charge in [-0.3, -0.25) is 13.8 Å². The van der Waals surface area contributed by atoms with E-state index in [9.17, 15) is 24.5 Å². The molecule has 0 aromatic carbocycles. The van der Waals surface area contributed by atoms with Crippen molar-refractivity contribution in [1.82, 2.24) is 5.32 Å². The van der Waals surface area contributed by atoms with Crippen molar-refractivity contribution in [2.24, 2.45) is 5.73 Å². The molecule has 276 valence electrons. The van der Waals surface area contributed by atoms with Crippen LogP contribution in [0.5, 0.6) is 0 Å². The van der Waals surface area contributed by atoms with E-state index in [0.29, 0.717) is 12.8 Å². The minimum absolute atomic E-state index is 0.0423. The lowest BCUT2D eigenvalue weighted by atomic mass is 10.1. The molecule has 0 saturated carbocycles. The Morgan fingerprint density at radius 1 is 0.723 bits per heavy atom. The predicted molar refractivity (Wildman–Crippen MR) is 195 cm³/mol. The number of rotatable bonds is 34. The van der Waals surface area contributed by atoms with Crippen molar-refractivity contribution in [2.75, 3.05) is 19.8 Å². The van der Waals surface area contributed by atoms with Gasteiger partial charge in [-0.15, -0.1) is 0 Å². The molecule has 0 fully saturated rings. The average Bonchev–Trinajstić information content (AvgIpc) is 3.04. The molecule has 0 aromatic heterocycles. The molecule has 1 amide bonds. The molecule has 0 aliphatic rings. The van der Waals surface area contributed by atoms with E-state index in [1.54, 1.807) is 6.08 Å². The summed E-state index contributed by atoms with van der Waals surface area (Å²) in [5.41, 5.74) is 5.33. The standard InChI is InChI=1S/C37H71N2O7P/c1-3-5-7-9-11-13-14-15-16-17-18-19-21-23-25-27-29-36(41)35(33-46-47(43,44)45-31-30-38)39-37(42)32-34(40)28-26-24-22-20-12-10-8-6-4-2/h10,12,19,21,27,29,34-36,40-41H,3-9,11,13-18,20,22-26,28,30-33,38H2,1-2H3,(H,39,42)(H,43,44)/b12-10-,21-19+,29-27+. The normalized spacial score (nSPS) is 15.4. The van der Waals surface area contributed by atoms with E-state index >= 15 is 0 Å². The summed E-state index contributed by atoms with van der Waals surface area (Å²) < 4.78 is 21.9. The van der Waals surface area contributed by atoms with Crippen LogP contribution in [0.3, 0.4) is 0 Å². The van der Waals surface area contributed by atoms with E-state index in [-0.39, 0.29) is 19.6 Å². The van der Waals surface area contributed by atoms with Crippen molar-refractivity contribution in [3.8, 4) is 0 Å². The van der Waals surface area contributed by atoms with Crippen LogP contribution >= 0.6 is 7.82 Å². The molecule has 4 unspecified atom stereocenters. The van der Waals surface area contributed by atoms with E-state index in [4.69, 9.17) is 14.8 Å². The zero-order chi connectivity index (χ0) is 34.9. The van der Waals surface area contributed by atoms with Gasteiger partial charge in [0.25, 0.3) is 0 Å². The van der Waals surface area contributed by atoms with E-state index in [0.717, 1.165) is 44.9 Å². The van der Waals surface area contributed by atoms with Crippen molar-refractivity contribution >= 4 is 13.7 Å². The Morgan fingerprint density at radius 2 is 1.23 bits per heavy atom. The fraction of sp³-hybridized carbons (Fsp3) is 0.811. The van der Waals surface area contributed by atoms with Crippen molar-refractivity contribution < 1.29 is 33.5 Å². The molecular weight excluding hydrogens is 615 g/mol. The SMILES string of the molecule is CCCC/C=C\CCCCCC(O)CC(=O)NC(COP(=O)(O)OCCN)C(O)/C=C/CC/C=C/CCCCCCCCCCCC. The third-order valence-corrected chi connectivity index (χ3v) is 8.98. The molecule has 10 heteroatoms. The maximum absolute atomic E-state index is 12.7. The van der Waals surface area contributed by atoms with Gasteiger partial charge in [0.05, 0.1) is 37.9 Å². The first kappa shape index (κ1) is 45.7. The fourth-order valence-corrected chi connectivity index (χ4v) is 5.87. The van der Waals surface area contributed by atoms with Crippen molar-refractivity contribution in [1.29, 1.82) is 0 Å². The predicted octanol–water partition coefficient (Wildman–Crippen LogP) is 8.58. The molecule has 0 radical (unpaired) electrons. The number of carbonyl (C=O) groups is 1. The Balaban J connectivity index is 4.52. The van der Waals surface area contributed by atoms with Crippen LogP contribution in [0, 0.1) is 0 Å². The van der Waals surface area contributed by atoms with E-state index in [2.05, 4.69) is 43.5 Å². The smallest absolute Gasteiger partial charge is 0.393 e. The monoisotopic (exact) mass is 686 g/mol. The molecule has 0 spiro atoms. The minimum atomic E-state index is -4.40. The Kier molecular flexibility index (Phi) is 32.3. The summed E-state index contributed by atoms with van der Waals surface area (Å²) in [6.07, 6.45) is 33.8. The second-order valence-electron chi connectivity index (χ2n) is 12.6. The summed E-state index contributed by atoms with van der Waals surface area (Å²) in [5.74, 6) is -0.469. The Bertz CT molecular complexity index is 853. The van der Waals surface area contributed by atoms with Crippen LogP contribution < -0.4 is 11.1 Å². The lowest BCUT2D eigenvalue weighted by Crippen LogP contribution is -2.46. The molecule has 0 aromatic rings. The molecule has 4 atom stereocenters. The lowest BCUT2D eigenvalue weighted by molar-refractivity contribution is -0.124. The summed E-state index contributed by atoms with van der Waals surface area (Å²) in [7, 11) is -4.40. The van der Waals surface area contributed by atoms with Crippen LogP contribution in [0.25, 0.3) is 0 Å². The van der Waals surface area contributed by atoms with Crippen molar-refractivity contribution in [3.05, 3.63) is 36.5 Å². The van der Waals surface area contributed by atoms with Gasteiger partial charge in [0, 0.05) is 6.54 Å². The molecule has 0 aliphatic heterocycles. The topological polar surface area (TPSA) is 151 Å². The van der Waals surface area contributed by atoms with Gasteiger partial charge in [0.2, 0.25) is 5.91 Å². The highest BCUT2D eigenvalue weighted by molar-refractivity contribution is 7.47. The molecule has 0 heterocycles. The summed E-state index contributed by atoms with van der Waals surface area (Å²) >= 11 is 0. The van der Waals surface area contributed by atoms with E-state index in [1.165, 1.54) is 77.0 Å². The Hall–Kier alpha value is -1.32. The maximum Gasteiger partial charge on any atom is 0.472 e. The van der Waals surface area contributed by atoms with E-state index in [1.807, 2.05) is 6.08 Å². The number of hydrogen-bond donors (Lipinski definition) is 5. The number of phosphoric ester groups is 1. The second kappa shape index (κ2) is 33.2. The Morgan fingerprint density at radius 3 is 1.83 bits per heavy atom. The molecular formula is C37H71N2O7P. The third-order valence-electron chi connectivity index (χ3n) is 7.99. The molecule has 0 saturated heterocycles. The van der Waals surface area contributed by atoms with Gasteiger partial charge < -0.3 is 26.2 Å². The second-order valence-corrected chi connectivity index (χ2v) is 14.1. The number of carbonyl (C=O) groups excluding carboxylic acids is 1. The number of phosphoric acid groups is 1. The Labute approximate surface area is 287 Å². The molecule has 47 heavy (non-hydrogen) atoms. The van der Waals surface area contributed by atoms with Crippen LogP contribution in [0.1, 0.15) is 155 Å². The van der Waals surface area contributed by atoms with Crippen molar-refractivity contribution in [2.45, 2.75) is 173 Å². The van der Waals surface area contributed by atoms with Crippen LogP contribution in [0.15, 0.2) is 36.5 Å². The van der Waals surface area contributed by atoms with Gasteiger partial charge >= 0.3 is 7.82 Å². The van der Waals surface area contributed by atoms with Gasteiger partial charge in [0.15, 0.2) is 0 Å². The quantitative estimate of drug-likeness (QED) is 0.0257. The lowest BCUT2D eigenvalue weighted by Gasteiger charge is -2.24. The number of aliphatic hydroxyl groups is 2. The van der Waals surface area contributed by atoms with E-state index < -0.39 is 38.6 Å². The first-order valence-electron chi connectivity index (χ1n) is 18.7. The number of allylic oxidation sites excluding steroid dienone is 5. The van der Waals surface area contributed by atoms with Crippen LogP contribution in [0.2, 0.25) is 0 Å². The minimum Gasteiger partial charge on any atom is -0.393 e. The number of hydrogen-bond acceptors (Lipinski definition) is 7. The zero-order valence-corrected chi connectivity index (χ0v) is 30.8. The molecule has 0 rings (SSSR count). The van der Waals surface area contributed by atoms with Gasteiger partial charge in [-0.05, 0) is 51.4 Å². The number of nitrogens with one attached hydrogen (secondary N) is 1. The van der Waals surface area contributed by atoms with Crippen LogP contribution in [-0.2, 0) is 18.4 Å². The summed E-state index contributed by atoms with van der Waals surface area (Å²) in [4.78, 5) is 22.6. The number of nitrogens with two attached hydrogens (primary N) is 1. The average molecular weight is 687 g/mol.